The minimum atomic E-state index is -0.141. The summed E-state index contributed by atoms with van der Waals surface area (Å²) in [6.07, 6.45) is 3.07. The molecule has 0 radical (unpaired) electrons. The van der Waals surface area contributed by atoms with E-state index < -0.39 is 0 Å². The molecule has 6 nitrogen and oxygen atoms in total. The zero-order valence-electron chi connectivity index (χ0n) is 12.3. The molecular formula is C13H25N5O. The van der Waals surface area contributed by atoms with E-state index >= 15 is 0 Å². The molecule has 2 unspecified atom stereocenters. The van der Waals surface area contributed by atoms with Crippen molar-refractivity contribution >= 4 is 5.91 Å². The molecular weight excluding hydrogens is 242 g/mol. The zero-order chi connectivity index (χ0) is 14.4. The van der Waals surface area contributed by atoms with Crippen LogP contribution in [0.5, 0.6) is 0 Å². The van der Waals surface area contributed by atoms with E-state index in [1.807, 2.05) is 14.0 Å². The highest BCUT2D eigenvalue weighted by atomic mass is 16.1. The molecule has 6 heteroatoms. The minimum Gasteiger partial charge on any atom is -0.346 e. The molecule has 0 saturated heterocycles. The smallest absolute Gasteiger partial charge is 0.220 e. The maximum atomic E-state index is 12.0. The second kappa shape index (κ2) is 7.23. The molecule has 1 rings (SSSR count). The number of aryl methyl sites for hydroxylation is 1. The number of nitrogens with two attached hydrogens (primary N) is 1. The molecule has 0 aromatic carbocycles. The minimum absolute atomic E-state index is 0.0200. The van der Waals surface area contributed by atoms with Crippen molar-refractivity contribution in [3.05, 3.63) is 12.2 Å². The number of amides is 1. The van der Waals surface area contributed by atoms with Crippen LogP contribution in [0.1, 0.15) is 45.5 Å². The summed E-state index contributed by atoms with van der Waals surface area (Å²) < 4.78 is 1.81. The standard InChI is InChI=1S/C13H25N5O/c1-9(2)5-11(7-14)6-12(19)16-10(3)13-17-15-8-18(13)4/h8-11H,5-7,14H2,1-4H3,(H,16,19). The number of nitrogens with zero attached hydrogens (tertiary/aromatic N) is 3. The van der Waals surface area contributed by atoms with Gasteiger partial charge in [-0.15, -0.1) is 10.2 Å². The molecule has 19 heavy (non-hydrogen) atoms. The van der Waals surface area contributed by atoms with Gasteiger partial charge in [0.2, 0.25) is 5.91 Å². The lowest BCUT2D eigenvalue weighted by Crippen LogP contribution is -2.31. The van der Waals surface area contributed by atoms with Gasteiger partial charge in [0, 0.05) is 13.5 Å². The van der Waals surface area contributed by atoms with Gasteiger partial charge in [-0.25, -0.2) is 0 Å². The van der Waals surface area contributed by atoms with Gasteiger partial charge >= 0.3 is 0 Å². The van der Waals surface area contributed by atoms with E-state index in [0.29, 0.717) is 18.9 Å². The molecule has 1 aromatic rings. The third-order valence-corrected chi connectivity index (χ3v) is 3.12. The molecule has 0 aliphatic rings. The fourth-order valence-corrected chi connectivity index (χ4v) is 2.24. The van der Waals surface area contributed by atoms with E-state index in [9.17, 15) is 4.79 Å². The van der Waals surface area contributed by atoms with Crippen LogP contribution < -0.4 is 11.1 Å². The Morgan fingerprint density at radius 3 is 2.63 bits per heavy atom. The fraction of sp³-hybridized carbons (Fsp3) is 0.769. The normalized spacial score (nSPS) is 14.4. The van der Waals surface area contributed by atoms with Crippen molar-refractivity contribution in [1.82, 2.24) is 20.1 Å². The van der Waals surface area contributed by atoms with Gasteiger partial charge in [0.25, 0.3) is 0 Å². The molecule has 1 amide bonds. The number of hydrogen-bond acceptors (Lipinski definition) is 4. The number of nitrogens with one attached hydrogen (secondary N) is 1. The van der Waals surface area contributed by atoms with Crippen LogP contribution in [0.15, 0.2) is 6.33 Å². The molecule has 1 heterocycles. The van der Waals surface area contributed by atoms with Crippen molar-refractivity contribution in [2.24, 2.45) is 24.6 Å². The third-order valence-electron chi connectivity index (χ3n) is 3.12. The lowest BCUT2D eigenvalue weighted by Gasteiger charge is -2.18. The van der Waals surface area contributed by atoms with Crippen molar-refractivity contribution in [3.63, 3.8) is 0 Å². The first-order valence-electron chi connectivity index (χ1n) is 6.77. The Bertz CT molecular complexity index is 401. The SMILES string of the molecule is CC(C)CC(CN)CC(=O)NC(C)c1nncn1C. The number of rotatable bonds is 7. The maximum absolute atomic E-state index is 12.0. The highest BCUT2D eigenvalue weighted by Crippen LogP contribution is 2.15. The van der Waals surface area contributed by atoms with Crippen LogP contribution in [0, 0.1) is 11.8 Å². The molecule has 3 N–H and O–H groups in total. The van der Waals surface area contributed by atoms with Crippen LogP contribution in [-0.2, 0) is 11.8 Å². The molecule has 0 fully saturated rings. The molecule has 0 bridgehead atoms. The summed E-state index contributed by atoms with van der Waals surface area (Å²) in [4.78, 5) is 12.0. The highest BCUT2D eigenvalue weighted by molar-refractivity contribution is 5.76. The van der Waals surface area contributed by atoms with Crippen LogP contribution in [0.2, 0.25) is 0 Å². The number of hydrogen-bond donors (Lipinski definition) is 2. The third kappa shape index (κ3) is 4.98. The predicted octanol–water partition coefficient (Wildman–Crippen LogP) is 1.00. The molecule has 108 valence electrons. The Labute approximate surface area is 114 Å². The monoisotopic (exact) mass is 267 g/mol. The van der Waals surface area contributed by atoms with E-state index in [1.165, 1.54) is 0 Å². The summed E-state index contributed by atoms with van der Waals surface area (Å²) in [7, 11) is 1.86. The molecule has 1 aromatic heterocycles. The number of carbonyl (C=O) groups is 1. The summed E-state index contributed by atoms with van der Waals surface area (Å²) in [6.45, 7) is 6.73. The molecule has 0 spiro atoms. The van der Waals surface area contributed by atoms with Gasteiger partial charge in [0.1, 0.15) is 6.33 Å². The number of carbonyl (C=O) groups excluding carboxylic acids is 1. The van der Waals surface area contributed by atoms with Gasteiger partial charge in [-0.2, -0.15) is 0 Å². The van der Waals surface area contributed by atoms with Crippen molar-refractivity contribution in [2.45, 2.75) is 39.7 Å². The second-order valence-corrected chi connectivity index (χ2v) is 5.52. The largest absolute Gasteiger partial charge is 0.346 e. The predicted molar refractivity (Wildman–Crippen MR) is 74.2 cm³/mol. The Kier molecular flexibility index (Phi) is 5.95. The Morgan fingerprint density at radius 1 is 1.47 bits per heavy atom. The summed E-state index contributed by atoms with van der Waals surface area (Å²) >= 11 is 0. The first-order valence-corrected chi connectivity index (χ1v) is 6.77. The maximum Gasteiger partial charge on any atom is 0.220 e. The molecule has 2 atom stereocenters. The van der Waals surface area contributed by atoms with Crippen molar-refractivity contribution in [2.75, 3.05) is 6.54 Å². The zero-order valence-corrected chi connectivity index (χ0v) is 12.3. The van der Waals surface area contributed by atoms with Gasteiger partial charge in [0.15, 0.2) is 5.82 Å². The topological polar surface area (TPSA) is 85.8 Å². The van der Waals surface area contributed by atoms with Crippen molar-refractivity contribution in [1.29, 1.82) is 0 Å². The summed E-state index contributed by atoms with van der Waals surface area (Å²) in [6, 6.07) is -0.141. The van der Waals surface area contributed by atoms with Crippen molar-refractivity contribution in [3.8, 4) is 0 Å². The Morgan fingerprint density at radius 2 is 2.16 bits per heavy atom. The first-order chi connectivity index (χ1) is 8.93. The summed E-state index contributed by atoms with van der Waals surface area (Å²) in [5, 5.41) is 10.7. The van der Waals surface area contributed by atoms with Crippen molar-refractivity contribution < 1.29 is 4.79 Å². The Hall–Kier alpha value is -1.43. The van der Waals surface area contributed by atoms with Crippen LogP contribution in [-0.4, -0.2) is 27.2 Å². The van der Waals surface area contributed by atoms with E-state index in [4.69, 9.17) is 5.73 Å². The van der Waals surface area contributed by atoms with Crippen LogP contribution in [0.25, 0.3) is 0 Å². The molecule has 0 aliphatic carbocycles. The fourth-order valence-electron chi connectivity index (χ4n) is 2.24. The van der Waals surface area contributed by atoms with E-state index in [0.717, 1.165) is 12.2 Å². The Balaban J connectivity index is 2.48. The lowest BCUT2D eigenvalue weighted by molar-refractivity contribution is -0.122. The summed E-state index contributed by atoms with van der Waals surface area (Å²) in [5.41, 5.74) is 5.71. The van der Waals surface area contributed by atoms with Crippen LogP contribution in [0.3, 0.4) is 0 Å². The average molecular weight is 267 g/mol. The average Bonchev–Trinajstić information content (AvgIpc) is 2.73. The molecule has 0 saturated carbocycles. The van der Waals surface area contributed by atoms with Gasteiger partial charge in [-0.3, -0.25) is 4.79 Å². The van der Waals surface area contributed by atoms with E-state index in [1.54, 1.807) is 10.9 Å². The quantitative estimate of drug-likeness (QED) is 0.772. The summed E-state index contributed by atoms with van der Waals surface area (Å²) in [5.74, 6) is 1.57. The first kappa shape index (κ1) is 15.6. The van der Waals surface area contributed by atoms with Gasteiger partial charge in [-0.05, 0) is 31.7 Å². The van der Waals surface area contributed by atoms with Crippen LogP contribution in [0.4, 0.5) is 0 Å². The van der Waals surface area contributed by atoms with E-state index in [2.05, 4.69) is 29.4 Å². The van der Waals surface area contributed by atoms with Gasteiger partial charge < -0.3 is 15.6 Å². The molecule has 0 aliphatic heterocycles. The van der Waals surface area contributed by atoms with Gasteiger partial charge in [-0.1, -0.05) is 13.8 Å². The lowest BCUT2D eigenvalue weighted by atomic mass is 9.94. The van der Waals surface area contributed by atoms with Crippen LogP contribution >= 0.6 is 0 Å². The number of aromatic nitrogens is 3. The second-order valence-electron chi connectivity index (χ2n) is 5.52. The van der Waals surface area contributed by atoms with E-state index in [-0.39, 0.29) is 17.9 Å². The van der Waals surface area contributed by atoms with Gasteiger partial charge in [0.05, 0.1) is 6.04 Å². The highest BCUT2D eigenvalue weighted by Gasteiger charge is 2.18.